The number of aromatic nitrogens is 4. The van der Waals surface area contributed by atoms with Gasteiger partial charge in [-0.05, 0) is 6.92 Å². The van der Waals surface area contributed by atoms with Crippen LogP contribution in [0.2, 0.25) is 0 Å². The van der Waals surface area contributed by atoms with Gasteiger partial charge >= 0.3 is 0 Å². The van der Waals surface area contributed by atoms with Gasteiger partial charge in [0, 0.05) is 18.8 Å². The molecule has 6 heteroatoms. The number of rotatable bonds is 2. The van der Waals surface area contributed by atoms with E-state index < -0.39 is 0 Å². The highest BCUT2D eigenvalue weighted by atomic mass is 16.2. The van der Waals surface area contributed by atoms with Crippen molar-refractivity contribution in [2.24, 2.45) is 7.05 Å². The molecule has 1 amide bonds. The normalized spacial score (nSPS) is 10.3. The predicted molar refractivity (Wildman–Crippen MR) is 54.5 cm³/mol. The molecule has 2 N–H and O–H groups in total. The van der Waals surface area contributed by atoms with Gasteiger partial charge in [0.2, 0.25) is 0 Å². The summed E-state index contributed by atoms with van der Waals surface area (Å²) in [6.07, 6.45) is 4.88. The van der Waals surface area contributed by atoms with Crippen molar-refractivity contribution in [3.63, 3.8) is 0 Å². The van der Waals surface area contributed by atoms with Gasteiger partial charge in [0.1, 0.15) is 11.5 Å². The quantitative estimate of drug-likeness (QED) is 0.757. The van der Waals surface area contributed by atoms with Gasteiger partial charge < -0.3 is 9.88 Å². The largest absolute Gasteiger partial charge is 0.340 e. The van der Waals surface area contributed by atoms with Gasteiger partial charge in [0.05, 0.1) is 12.5 Å². The molecule has 0 aromatic carbocycles. The molecule has 0 aliphatic rings. The van der Waals surface area contributed by atoms with Crippen molar-refractivity contribution in [2.75, 3.05) is 5.32 Å². The number of carbonyl (C=O) groups is 1. The molecule has 2 rings (SSSR count). The van der Waals surface area contributed by atoms with E-state index >= 15 is 0 Å². The summed E-state index contributed by atoms with van der Waals surface area (Å²) in [5.41, 5.74) is 1.27. The second kappa shape index (κ2) is 3.56. The van der Waals surface area contributed by atoms with Crippen LogP contribution in [0.15, 0.2) is 18.7 Å². The summed E-state index contributed by atoms with van der Waals surface area (Å²) in [6, 6.07) is 0. The Hall–Kier alpha value is -2.11. The third-order valence-corrected chi connectivity index (χ3v) is 2.00. The fourth-order valence-corrected chi connectivity index (χ4v) is 1.18. The van der Waals surface area contributed by atoms with Gasteiger partial charge in [-0.2, -0.15) is 5.10 Å². The van der Waals surface area contributed by atoms with Crippen LogP contribution in [0.5, 0.6) is 0 Å². The third-order valence-electron chi connectivity index (χ3n) is 2.00. The maximum Gasteiger partial charge on any atom is 0.276 e. The molecule has 0 aliphatic carbocycles. The van der Waals surface area contributed by atoms with E-state index in [1.54, 1.807) is 23.3 Å². The van der Waals surface area contributed by atoms with Crippen LogP contribution in [0, 0.1) is 6.92 Å². The van der Waals surface area contributed by atoms with Gasteiger partial charge in [0.25, 0.3) is 5.91 Å². The van der Waals surface area contributed by atoms with Crippen molar-refractivity contribution in [3.05, 3.63) is 30.0 Å². The number of anilines is 1. The number of hydrogen-bond donors (Lipinski definition) is 2. The summed E-state index contributed by atoms with van der Waals surface area (Å²) in [4.78, 5) is 15.6. The molecule has 0 saturated heterocycles. The summed E-state index contributed by atoms with van der Waals surface area (Å²) in [5, 5.41) is 9.19. The van der Waals surface area contributed by atoms with Crippen LogP contribution in [0.1, 0.15) is 16.1 Å². The Morgan fingerprint density at radius 3 is 2.93 bits per heavy atom. The van der Waals surface area contributed by atoms with Crippen molar-refractivity contribution in [1.29, 1.82) is 0 Å². The molecule has 0 saturated carbocycles. The molecule has 0 spiro atoms. The van der Waals surface area contributed by atoms with Crippen LogP contribution in [-0.2, 0) is 7.05 Å². The summed E-state index contributed by atoms with van der Waals surface area (Å²) >= 11 is 0. The molecule has 0 aliphatic heterocycles. The number of H-pyrrole nitrogens is 1. The zero-order valence-corrected chi connectivity index (χ0v) is 8.48. The second-order valence-corrected chi connectivity index (χ2v) is 3.31. The van der Waals surface area contributed by atoms with E-state index in [0.717, 1.165) is 5.56 Å². The molecule has 0 fully saturated rings. The molecule has 0 bridgehead atoms. The molecule has 0 atom stereocenters. The van der Waals surface area contributed by atoms with Crippen molar-refractivity contribution in [2.45, 2.75) is 6.92 Å². The standard InChI is InChI=1S/C9H11N5O/c1-6-3-11-13-8(6)12-9(15)7-4-14(2)5-10-7/h3-5H,1-2H3,(H2,11,12,13,15). The highest BCUT2D eigenvalue weighted by molar-refractivity contribution is 6.02. The SMILES string of the molecule is Cc1cn[nH]c1NC(=O)c1cn(C)cn1. The van der Waals surface area contributed by atoms with E-state index in [1.165, 1.54) is 0 Å². The molecule has 0 unspecified atom stereocenters. The van der Waals surface area contributed by atoms with Crippen LogP contribution < -0.4 is 5.32 Å². The van der Waals surface area contributed by atoms with Crippen LogP contribution in [0.25, 0.3) is 0 Å². The Labute approximate surface area is 86.3 Å². The Kier molecular flexibility index (Phi) is 2.24. The first kappa shape index (κ1) is 9.45. The lowest BCUT2D eigenvalue weighted by atomic mass is 10.3. The average Bonchev–Trinajstić information content (AvgIpc) is 2.77. The van der Waals surface area contributed by atoms with Crippen LogP contribution in [-0.4, -0.2) is 25.7 Å². The molecular weight excluding hydrogens is 194 g/mol. The van der Waals surface area contributed by atoms with Crippen LogP contribution in [0.4, 0.5) is 5.82 Å². The first-order valence-electron chi connectivity index (χ1n) is 4.46. The highest BCUT2D eigenvalue weighted by Crippen LogP contribution is 2.09. The van der Waals surface area contributed by atoms with E-state index in [-0.39, 0.29) is 5.91 Å². The fourth-order valence-electron chi connectivity index (χ4n) is 1.18. The number of aryl methyl sites for hydroxylation is 2. The number of aromatic amines is 1. The minimum atomic E-state index is -0.247. The molecule has 6 nitrogen and oxygen atoms in total. The molecule has 0 radical (unpaired) electrons. The van der Waals surface area contributed by atoms with Gasteiger partial charge in [0.15, 0.2) is 0 Å². The lowest BCUT2D eigenvalue weighted by molar-refractivity contribution is 0.102. The molecule has 2 heterocycles. The number of nitrogens with zero attached hydrogens (tertiary/aromatic N) is 3. The third kappa shape index (κ3) is 1.88. The van der Waals surface area contributed by atoms with Crippen molar-refractivity contribution in [1.82, 2.24) is 19.7 Å². The van der Waals surface area contributed by atoms with Gasteiger partial charge in [-0.15, -0.1) is 0 Å². The Bertz CT molecular complexity index is 484. The minimum absolute atomic E-state index is 0.247. The Morgan fingerprint density at radius 1 is 1.60 bits per heavy atom. The van der Waals surface area contributed by atoms with Crippen molar-refractivity contribution < 1.29 is 4.79 Å². The lowest BCUT2D eigenvalue weighted by Gasteiger charge is -2.00. The van der Waals surface area contributed by atoms with Crippen LogP contribution in [0.3, 0.4) is 0 Å². The van der Waals surface area contributed by atoms with Gasteiger partial charge in [-0.1, -0.05) is 0 Å². The molecule has 15 heavy (non-hydrogen) atoms. The number of carbonyl (C=O) groups excluding carboxylic acids is 1. The maximum absolute atomic E-state index is 11.6. The zero-order valence-electron chi connectivity index (χ0n) is 8.48. The zero-order chi connectivity index (χ0) is 10.8. The monoisotopic (exact) mass is 205 g/mol. The molecule has 2 aromatic rings. The smallest absolute Gasteiger partial charge is 0.276 e. The summed E-state index contributed by atoms with van der Waals surface area (Å²) in [5.74, 6) is 0.355. The first-order chi connectivity index (χ1) is 7.16. The van der Waals surface area contributed by atoms with Gasteiger partial charge in [-0.3, -0.25) is 9.89 Å². The van der Waals surface area contributed by atoms with Crippen LogP contribution >= 0.6 is 0 Å². The topological polar surface area (TPSA) is 75.6 Å². The van der Waals surface area contributed by atoms with E-state index in [2.05, 4.69) is 20.5 Å². The summed E-state index contributed by atoms with van der Waals surface area (Å²) in [6.45, 7) is 1.86. The molecular formula is C9H11N5O. The lowest BCUT2D eigenvalue weighted by Crippen LogP contribution is -2.13. The molecule has 78 valence electrons. The van der Waals surface area contributed by atoms with E-state index in [0.29, 0.717) is 11.5 Å². The molecule has 2 aromatic heterocycles. The number of imidazole rings is 1. The number of hydrogen-bond acceptors (Lipinski definition) is 3. The number of nitrogens with one attached hydrogen (secondary N) is 2. The summed E-state index contributed by atoms with van der Waals surface area (Å²) in [7, 11) is 1.81. The highest BCUT2D eigenvalue weighted by Gasteiger charge is 2.10. The van der Waals surface area contributed by atoms with Gasteiger partial charge in [-0.25, -0.2) is 4.98 Å². The van der Waals surface area contributed by atoms with Crippen molar-refractivity contribution >= 4 is 11.7 Å². The Balaban J connectivity index is 2.14. The average molecular weight is 205 g/mol. The fraction of sp³-hybridized carbons (Fsp3) is 0.222. The first-order valence-corrected chi connectivity index (χ1v) is 4.46. The second-order valence-electron chi connectivity index (χ2n) is 3.31. The maximum atomic E-state index is 11.6. The summed E-state index contributed by atoms with van der Waals surface area (Å²) < 4.78 is 1.72. The van der Waals surface area contributed by atoms with E-state index in [9.17, 15) is 4.79 Å². The van der Waals surface area contributed by atoms with Crippen molar-refractivity contribution in [3.8, 4) is 0 Å². The Morgan fingerprint density at radius 2 is 2.40 bits per heavy atom. The van der Waals surface area contributed by atoms with E-state index in [4.69, 9.17) is 0 Å². The minimum Gasteiger partial charge on any atom is -0.340 e. The number of amides is 1. The predicted octanol–water partition coefficient (Wildman–Crippen LogP) is 0.704. The van der Waals surface area contributed by atoms with E-state index in [1.807, 2.05) is 14.0 Å².